The van der Waals surface area contributed by atoms with E-state index >= 15 is 0 Å². The number of hydrogen-bond acceptors (Lipinski definition) is 5. The van der Waals surface area contributed by atoms with Crippen molar-refractivity contribution < 1.29 is 14.4 Å². The van der Waals surface area contributed by atoms with Crippen molar-refractivity contribution in [1.29, 1.82) is 0 Å². The molecule has 1 atom stereocenters. The molecule has 7 heteroatoms. The number of hydrogen-bond donors (Lipinski definition) is 0. The molecule has 138 valence electrons. The summed E-state index contributed by atoms with van der Waals surface area (Å²) in [5, 5.41) is 0.984. The van der Waals surface area contributed by atoms with E-state index in [0.29, 0.717) is 0 Å². The monoisotopic (exact) mass is 364 g/mol. The minimum Gasteiger partial charge on any atom is -0.352 e. The molecule has 1 aromatic heterocycles. The summed E-state index contributed by atoms with van der Waals surface area (Å²) in [6, 6.07) is 9.06. The van der Waals surface area contributed by atoms with Crippen LogP contribution in [0.2, 0.25) is 0 Å². The molecule has 1 spiro atoms. The predicted octanol–water partition coefficient (Wildman–Crippen LogP) is 1.80. The van der Waals surface area contributed by atoms with Gasteiger partial charge in [0.05, 0.1) is 11.6 Å². The number of carbonyl (C=O) groups is 3. The van der Waals surface area contributed by atoms with Crippen molar-refractivity contribution in [2.75, 3.05) is 25.5 Å². The fourth-order valence-electron chi connectivity index (χ4n) is 5.00. The van der Waals surface area contributed by atoms with Gasteiger partial charge in [-0.05, 0) is 30.5 Å². The molecule has 3 aliphatic heterocycles. The number of barbiturate groups is 1. The maximum atomic E-state index is 13.3. The quantitative estimate of drug-likeness (QED) is 0.667. The van der Waals surface area contributed by atoms with Crippen LogP contribution in [0.4, 0.5) is 10.6 Å². The van der Waals surface area contributed by atoms with Gasteiger partial charge in [0.2, 0.25) is 11.8 Å². The first-order valence-corrected chi connectivity index (χ1v) is 9.21. The molecule has 27 heavy (non-hydrogen) atoms. The summed E-state index contributed by atoms with van der Waals surface area (Å²) >= 11 is 0. The van der Waals surface area contributed by atoms with E-state index in [9.17, 15) is 14.4 Å². The number of benzene rings is 1. The molecule has 0 unspecified atom stereocenters. The second kappa shape index (κ2) is 5.28. The molecule has 0 N–H and O–H groups in total. The maximum Gasteiger partial charge on any atom is 0.332 e. The lowest BCUT2D eigenvalue weighted by atomic mass is 9.68. The second-order valence-electron chi connectivity index (χ2n) is 7.67. The third-order valence-electron chi connectivity index (χ3n) is 6.29. The zero-order chi connectivity index (χ0) is 18.9. The fraction of sp³-hybridized carbons (Fsp3) is 0.400. The van der Waals surface area contributed by atoms with Crippen LogP contribution in [0.5, 0.6) is 0 Å². The van der Waals surface area contributed by atoms with Crippen LogP contribution in [0.1, 0.15) is 18.4 Å². The molecule has 5 rings (SSSR count). The molecular formula is C20H20N4O3. The third-order valence-corrected chi connectivity index (χ3v) is 6.29. The summed E-state index contributed by atoms with van der Waals surface area (Å²) in [4.78, 5) is 48.0. The third kappa shape index (κ3) is 1.91. The molecule has 0 bridgehead atoms. The van der Waals surface area contributed by atoms with E-state index in [1.807, 2.05) is 30.3 Å². The number of pyridine rings is 1. The number of rotatable bonds is 0. The smallest absolute Gasteiger partial charge is 0.332 e. The molecular weight excluding hydrogens is 344 g/mol. The molecule has 0 aliphatic carbocycles. The van der Waals surface area contributed by atoms with Gasteiger partial charge in [-0.25, -0.2) is 9.78 Å². The Balaban J connectivity index is 1.74. The molecule has 2 aromatic rings. The fourth-order valence-corrected chi connectivity index (χ4v) is 5.00. The summed E-state index contributed by atoms with van der Waals surface area (Å²) in [6.45, 7) is 0.757. The molecule has 2 fully saturated rings. The van der Waals surface area contributed by atoms with Crippen molar-refractivity contribution >= 4 is 34.6 Å². The van der Waals surface area contributed by atoms with Crippen LogP contribution in [-0.2, 0) is 16.0 Å². The summed E-state index contributed by atoms with van der Waals surface area (Å²) in [5.74, 6) is 0.0715. The zero-order valence-corrected chi connectivity index (χ0v) is 15.3. The first kappa shape index (κ1) is 16.2. The van der Waals surface area contributed by atoms with Gasteiger partial charge >= 0.3 is 6.03 Å². The Bertz CT molecular complexity index is 993. The Kier molecular flexibility index (Phi) is 3.17. The van der Waals surface area contributed by atoms with Crippen molar-refractivity contribution in [3.63, 3.8) is 0 Å². The average Bonchev–Trinajstić information content (AvgIpc) is 3.18. The number of fused-ring (bicyclic) bond motifs is 5. The van der Waals surface area contributed by atoms with Gasteiger partial charge in [0.1, 0.15) is 5.82 Å². The highest BCUT2D eigenvalue weighted by Gasteiger charge is 2.64. The van der Waals surface area contributed by atoms with E-state index in [4.69, 9.17) is 4.98 Å². The van der Waals surface area contributed by atoms with Gasteiger partial charge in [0.25, 0.3) is 0 Å². The van der Waals surface area contributed by atoms with E-state index in [1.165, 1.54) is 14.1 Å². The molecule has 3 aliphatic rings. The van der Waals surface area contributed by atoms with E-state index < -0.39 is 23.3 Å². The summed E-state index contributed by atoms with van der Waals surface area (Å²) in [6.07, 6.45) is 1.91. The van der Waals surface area contributed by atoms with Gasteiger partial charge in [0, 0.05) is 32.4 Å². The highest BCUT2D eigenvalue weighted by molar-refractivity contribution is 6.20. The lowest BCUT2D eigenvalue weighted by Crippen LogP contribution is -2.70. The number of urea groups is 1. The van der Waals surface area contributed by atoms with E-state index in [0.717, 1.165) is 51.5 Å². The lowest BCUT2D eigenvalue weighted by Gasteiger charge is -2.50. The molecule has 2 saturated heterocycles. The summed E-state index contributed by atoms with van der Waals surface area (Å²) in [7, 11) is 2.92. The number of aromatic nitrogens is 1. The maximum absolute atomic E-state index is 13.3. The van der Waals surface area contributed by atoms with Crippen LogP contribution < -0.4 is 4.90 Å². The highest BCUT2D eigenvalue weighted by Crippen LogP contribution is 2.49. The SMILES string of the molecule is CN1C(=O)N(C)C(=O)C2(Cc3cc4ccccc4nc3N3CCC[C@@H]32)C1=O. The Labute approximate surface area is 156 Å². The Morgan fingerprint density at radius 1 is 1.07 bits per heavy atom. The Morgan fingerprint density at radius 3 is 2.52 bits per heavy atom. The highest BCUT2D eigenvalue weighted by atomic mass is 16.2. The first-order chi connectivity index (χ1) is 12.9. The number of carbonyl (C=O) groups excluding carboxylic acids is 3. The second-order valence-corrected chi connectivity index (χ2v) is 7.67. The number of imide groups is 2. The number of anilines is 1. The molecule has 0 radical (unpaired) electrons. The minimum absolute atomic E-state index is 0.267. The van der Waals surface area contributed by atoms with Crippen LogP contribution in [0.25, 0.3) is 10.9 Å². The van der Waals surface area contributed by atoms with Crippen molar-refractivity contribution in [2.45, 2.75) is 25.3 Å². The Morgan fingerprint density at radius 2 is 1.78 bits per heavy atom. The van der Waals surface area contributed by atoms with Gasteiger partial charge in [-0.3, -0.25) is 19.4 Å². The molecule has 0 saturated carbocycles. The minimum atomic E-state index is -1.26. The van der Waals surface area contributed by atoms with Gasteiger partial charge in [-0.15, -0.1) is 0 Å². The molecule has 1 aromatic carbocycles. The number of nitrogens with zero attached hydrogens (tertiary/aromatic N) is 4. The Hall–Kier alpha value is -2.96. The van der Waals surface area contributed by atoms with E-state index in [-0.39, 0.29) is 12.5 Å². The first-order valence-electron chi connectivity index (χ1n) is 9.21. The van der Waals surface area contributed by atoms with Crippen LogP contribution in [0.15, 0.2) is 30.3 Å². The van der Waals surface area contributed by atoms with Crippen LogP contribution in [0, 0.1) is 5.41 Å². The topological polar surface area (TPSA) is 73.8 Å². The number of para-hydroxylation sites is 1. The predicted molar refractivity (Wildman–Crippen MR) is 99.2 cm³/mol. The standard InChI is InChI=1S/C20H20N4O3/c1-22-17(25)20(18(26)23(2)19(22)27)11-13-10-12-6-3-4-7-14(12)21-16(13)24-9-5-8-15(20)24/h3-4,6-7,10,15H,5,8-9,11H2,1-2H3/t15-/m1/s1. The normalized spacial score (nSPS) is 24.0. The van der Waals surface area contributed by atoms with Crippen molar-refractivity contribution in [3.8, 4) is 0 Å². The lowest BCUT2D eigenvalue weighted by molar-refractivity contribution is -0.159. The largest absolute Gasteiger partial charge is 0.352 e. The molecule has 4 heterocycles. The van der Waals surface area contributed by atoms with Gasteiger partial charge < -0.3 is 4.90 Å². The van der Waals surface area contributed by atoms with Gasteiger partial charge in [0.15, 0.2) is 5.41 Å². The summed E-state index contributed by atoms with van der Waals surface area (Å²) < 4.78 is 0. The van der Waals surface area contributed by atoms with Gasteiger partial charge in [-0.2, -0.15) is 0 Å². The van der Waals surface area contributed by atoms with Crippen LogP contribution >= 0.6 is 0 Å². The summed E-state index contributed by atoms with van der Waals surface area (Å²) in [5.41, 5.74) is 0.540. The van der Waals surface area contributed by atoms with E-state index in [2.05, 4.69) is 4.90 Å². The van der Waals surface area contributed by atoms with Gasteiger partial charge in [-0.1, -0.05) is 18.2 Å². The number of amides is 4. The molecule has 7 nitrogen and oxygen atoms in total. The van der Waals surface area contributed by atoms with Crippen molar-refractivity contribution in [3.05, 3.63) is 35.9 Å². The zero-order valence-electron chi connectivity index (χ0n) is 15.3. The van der Waals surface area contributed by atoms with Crippen LogP contribution in [-0.4, -0.2) is 59.3 Å². The van der Waals surface area contributed by atoms with Crippen LogP contribution in [0.3, 0.4) is 0 Å². The van der Waals surface area contributed by atoms with Crippen molar-refractivity contribution in [1.82, 2.24) is 14.8 Å². The molecule has 4 amide bonds. The average molecular weight is 364 g/mol. The van der Waals surface area contributed by atoms with Crippen molar-refractivity contribution in [2.24, 2.45) is 5.41 Å². The van der Waals surface area contributed by atoms with E-state index in [1.54, 1.807) is 0 Å².